The molecule has 21 heteroatoms. The van der Waals surface area contributed by atoms with Crippen molar-refractivity contribution < 1.29 is 38.3 Å². The van der Waals surface area contributed by atoms with Crippen molar-refractivity contribution in [1.29, 1.82) is 0 Å². The van der Waals surface area contributed by atoms with Crippen molar-refractivity contribution in [2.75, 3.05) is 56.5 Å². The van der Waals surface area contributed by atoms with E-state index in [-0.39, 0.29) is 66.3 Å². The summed E-state index contributed by atoms with van der Waals surface area (Å²) in [5.41, 5.74) is 2.98. The molecule has 4 aliphatic heterocycles. The molecule has 1 unspecified atom stereocenters. The van der Waals surface area contributed by atoms with Crippen LogP contribution in [-0.2, 0) is 31.0 Å². The Hall–Kier alpha value is -7.03. The van der Waals surface area contributed by atoms with Gasteiger partial charge in [-0.25, -0.2) is 9.78 Å². The molecule has 1 atom stereocenters. The van der Waals surface area contributed by atoms with Gasteiger partial charge < -0.3 is 25.2 Å². The maximum absolute atomic E-state index is 13.8. The lowest BCUT2D eigenvalue weighted by Gasteiger charge is -2.43. The van der Waals surface area contributed by atoms with Crippen LogP contribution < -0.4 is 16.0 Å². The van der Waals surface area contributed by atoms with Gasteiger partial charge in [0.1, 0.15) is 17.4 Å². The molecule has 7 heterocycles. The number of anilines is 3. The van der Waals surface area contributed by atoms with Gasteiger partial charge in [-0.05, 0) is 95.2 Å². The highest BCUT2D eigenvalue weighted by Crippen LogP contribution is 2.36. The topological polar surface area (TPSA) is 239 Å². The predicted octanol–water partition coefficient (Wildman–Crippen LogP) is 3.93. The standard InChI is InChI=1S/C50H61N13O8/c1-3-71-49(70)40-27-51-50(55-35-26-52-58(2)29-35)57-43(40)54-34-9-11-36(12-10-34)59-20-22-61(23-21-59)46(67)31-6-4-30(5-7-31)45(66)60-18-16-37(17-19-60)62-28-33(25-53-62)32-8-13-38-39(24-32)48(69)63(47(38)68)41-14-15-42(64)56-44(41)65/h8,13,24-31,34,36-37,41H,3-7,9-12,14-23H2,1-2H3,(H,56,64,65)(H2,51,54,55,57). The van der Waals surface area contributed by atoms with Gasteiger partial charge in [0.05, 0.1) is 41.9 Å². The van der Waals surface area contributed by atoms with E-state index in [1.165, 1.54) is 6.20 Å². The van der Waals surface area contributed by atoms with Gasteiger partial charge in [0, 0.05) is 101 Å². The first kappa shape index (κ1) is 47.6. The Bertz CT molecular complexity index is 2700. The predicted molar refractivity (Wildman–Crippen MR) is 257 cm³/mol. The van der Waals surface area contributed by atoms with Crippen LogP contribution in [0.4, 0.5) is 17.5 Å². The van der Waals surface area contributed by atoms with Gasteiger partial charge >= 0.3 is 5.97 Å². The molecule has 4 aromatic rings. The molecule has 5 fully saturated rings. The molecule has 374 valence electrons. The minimum absolute atomic E-state index is 0.0539. The van der Waals surface area contributed by atoms with E-state index in [4.69, 9.17) is 4.74 Å². The summed E-state index contributed by atoms with van der Waals surface area (Å²) in [6, 6.07) is 4.65. The van der Waals surface area contributed by atoms with E-state index in [1.54, 1.807) is 42.2 Å². The largest absolute Gasteiger partial charge is 0.462 e. The number of nitrogens with zero attached hydrogens (tertiary/aromatic N) is 10. The summed E-state index contributed by atoms with van der Waals surface area (Å²) in [4.78, 5) is 108. The van der Waals surface area contributed by atoms with Crippen molar-refractivity contribution >= 4 is 58.9 Å². The number of carbonyl (C=O) groups is 7. The van der Waals surface area contributed by atoms with Crippen molar-refractivity contribution in [2.45, 2.75) is 108 Å². The third kappa shape index (κ3) is 10.0. The Morgan fingerprint density at radius 3 is 2.08 bits per heavy atom. The van der Waals surface area contributed by atoms with Gasteiger partial charge in [-0.15, -0.1) is 0 Å². The number of rotatable bonds is 12. The number of aromatic nitrogens is 6. The van der Waals surface area contributed by atoms with Crippen LogP contribution in [0.2, 0.25) is 0 Å². The number of esters is 1. The number of amides is 6. The number of hydrogen-bond donors (Lipinski definition) is 3. The zero-order valence-corrected chi connectivity index (χ0v) is 40.3. The zero-order chi connectivity index (χ0) is 49.3. The van der Waals surface area contributed by atoms with Crippen LogP contribution in [0.3, 0.4) is 0 Å². The number of benzene rings is 1. The zero-order valence-electron chi connectivity index (χ0n) is 40.3. The number of piperazine rings is 1. The van der Waals surface area contributed by atoms with E-state index in [1.807, 2.05) is 33.9 Å². The van der Waals surface area contributed by atoms with Gasteiger partial charge in [-0.1, -0.05) is 6.07 Å². The molecular weight excluding hydrogens is 911 g/mol. The van der Waals surface area contributed by atoms with Crippen molar-refractivity contribution in [3.63, 3.8) is 0 Å². The molecule has 6 amide bonds. The molecule has 6 aliphatic rings. The smallest absolute Gasteiger partial charge is 0.343 e. The lowest BCUT2D eigenvalue weighted by Crippen LogP contribution is -2.54. The van der Waals surface area contributed by atoms with E-state index in [2.05, 4.69) is 41.0 Å². The van der Waals surface area contributed by atoms with Crippen LogP contribution >= 0.6 is 0 Å². The van der Waals surface area contributed by atoms with E-state index < -0.39 is 35.6 Å². The minimum atomic E-state index is -1.02. The molecule has 10 rings (SSSR count). The number of fused-ring (bicyclic) bond motifs is 1. The number of aryl methyl sites for hydroxylation is 1. The average molecular weight is 972 g/mol. The van der Waals surface area contributed by atoms with Gasteiger partial charge in [-0.3, -0.25) is 53.2 Å². The Morgan fingerprint density at radius 1 is 0.732 bits per heavy atom. The molecule has 0 spiro atoms. The number of ether oxygens (including phenoxy) is 1. The molecule has 71 heavy (non-hydrogen) atoms. The van der Waals surface area contributed by atoms with Gasteiger partial charge in [0.25, 0.3) is 11.8 Å². The molecule has 21 nitrogen and oxygen atoms in total. The first-order chi connectivity index (χ1) is 34.4. The van der Waals surface area contributed by atoms with Crippen LogP contribution in [-0.4, -0.2) is 155 Å². The maximum atomic E-state index is 13.8. The highest BCUT2D eigenvalue weighted by atomic mass is 16.5. The second kappa shape index (κ2) is 20.4. The molecule has 0 bridgehead atoms. The third-order valence-corrected chi connectivity index (χ3v) is 15.4. The third-order valence-electron chi connectivity index (χ3n) is 15.4. The van der Waals surface area contributed by atoms with Crippen molar-refractivity contribution in [2.24, 2.45) is 18.9 Å². The van der Waals surface area contributed by atoms with E-state index >= 15 is 0 Å². The molecule has 2 saturated carbocycles. The first-order valence-corrected chi connectivity index (χ1v) is 25.2. The summed E-state index contributed by atoms with van der Waals surface area (Å²) < 4.78 is 8.89. The highest BCUT2D eigenvalue weighted by Gasteiger charge is 2.45. The van der Waals surface area contributed by atoms with Crippen LogP contribution in [0.1, 0.15) is 121 Å². The molecular formula is C50H61N13O8. The number of imide groups is 2. The molecule has 3 N–H and O–H groups in total. The van der Waals surface area contributed by atoms with Gasteiger partial charge in [-0.2, -0.15) is 15.2 Å². The Labute approximate surface area is 411 Å². The fraction of sp³-hybridized carbons (Fsp3) is 0.540. The second-order valence-corrected chi connectivity index (χ2v) is 19.7. The molecule has 3 aromatic heterocycles. The minimum Gasteiger partial charge on any atom is -0.462 e. The Balaban J connectivity index is 0.648. The number of likely N-dealkylation sites (tertiary alicyclic amines) is 1. The number of hydrogen-bond acceptors (Lipinski definition) is 15. The Morgan fingerprint density at radius 2 is 1.42 bits per heavy atom. The van der Waals surface area contributed by atoms with E-state index in [0.717, 1.165) is 80.6 Å². The summed E-state index contributed by atoms with van der Waals surface area (Å²) in [5.74, 6) is -1.56. The van der Waals surface area contributed by atoms with Crippen molar-refractivity contribution in [1.82, 2.24) is 54.4 Å². The van der Waals surface area contributed by atoms with Crippen LogP contribution in [0.25, 0.3) is 11.1 Å². The van der Waals surface area contributed by atoms with Crippen LogP contribution in [0, 0.1) is 11.8 Å². The molecule has 3 saturated heterocycles. The highest BCUT2D eigenvalue weighted by molar-refractivity contribution is 6.23. The molecule has 2 aliphatic carbocycles. The first-order valence-electron chi connectivity index (χ1n) is 25.2. The summed E-state index contributed by atoms with van der Waals surface area (Å²) in [6.45, 7) is 6.35. The lowest BCUT2D eigenvalue weighted by molar-refractivity contribution is -0.143. The van der Waals surface area contributed by atoms with E-state index in [0.29, 0.717) is 68.0 Å². The number of nitrogens with one attached hydrogen (secondary N) is 3. The quantitative estimate of drug-likeness (QED) is 0.135. The van der Waals surface area contributed by atoms with Crippen LogP contribution in [0.5, 0.6) is 0 Å². The van der Waals surface area contributed by atoms with Crippen molar-refractivity contribution in [3.8, 4) is 11.1 Å². The van der Waals surface area contributed by atoms with Crippen molar-refractivity contribution in [3.05, 3.63) is 65.9 Å². The second-order valence-electron chi connectivity index (χ2n) is 19.7. The average Bonchev–Trinajstić information content (AvgIpc) is 4.11. The number of piperidine rings is 2. The number of carbonyl (C=O) groups excluding carboxylic acids is 7. The lowest BCUT2D eigenvalue weighted by atomic mass is 9.80. The fourth-order valence-electron chi connectivity index (χ4n) is 11.4. The molecule has 0 radical (unpaired) electrons. The SMILES string of the molecule is CCOC(=O)c1cnc(Nc2cnn(C)c2)nc1NC1CCC(N2CCN(C(=O)C3CCC(C(=O)N4CCC(n5cc(-c6ccc7c(c6)C(=O)N(C6CCC(=O)NC6=O)C7=O)cn5)CC4)CC3)CC2)CC1. The van der Waals surface area contributed by atoms with Crippen LogP contribution in [0.15, 0.2) is 49.2 Å². The summed E-state index contributed by atoms with van der Waals surface area (Å²) in [6.07, 6.45) is 17.0. The normalized spacial score (nSPS) is 24.4. The monoisotopic (exact) mass is 971 g/mol. The van der Waals surface area contributed by atoms with Gasteiger partial charge in [0.2, 0.25) is 29.6 Å². The summed E-state index contributed by atoms with van der Waals surface area (Å²) in [5, 5.41) is 17.7. The fourth-order valence-corrected chi connectivity index (χ4v) is 11.4. The Kier molecular flexibility index (Phi) is 13.7. The maximum Gasteiger partial charge on any atom is 0.343 e. The molecule has 1 aromatic carbocycles. The van der Waals surface area contributed by atoms with E-state index in [9.17, 15) is 33.6 Å². The van der Waals surface area contributed by atoms with Gasteiger partial charge in [0.15, 0.2) is 0 Å². The summed E-state index contributed by atoms with van der Waals surface area (Å²) in [7, 11) is 1.83. The summed E-state index contributed by atoms with van der Waals surface area (Å²) >= 11 is 0.